The van der Waals surface area contributed by atoms with Gasteiger partial charge in [-0.05, 0) is 71.4 Å². The second-order valence-corrected chi connectivity index (χ2v) is 11.9. The number of fused-ring (bicyclic) bond motifs is 2. The molecule has 12 heteroatoms. The molecule has 0 bridgehead atoms. The number of halogens is 3. The minimum absolute atomic E-state index is 0.0706. The molecule has 1 saturated heterocycles. The van der Waals surface area contributed by atoms with Gasteiger partial charge in [-0.25, -0.2) is 19.7 Å². The first kappa shape index (κ1) is 29.2. The smallest absolute Gasteiger partial charge is 0.384 e. The number of nitrogens with one attached hydrogen (secondary N) is 1. The van der Waals surface area contributed by atoms with E-state index in [0.29, 0.717) is 22.2 Å². The van der Waals surface area contributed by atoms with Gasteiger partial charge in [0.25, 0.3) is 5.91 Å². The summed E-state index contributed by atoms with van der Waals surface area (Å²) in [6.45, 7) is 3.68. The van der Waals surface area contributed by atoms with Crippen LogP contribution in [0.3, 0.4) is 0 Å². The minimum atomic E-state index is -4.48. The lowest BCUT2D eigenvalue weighted by molar-refractivity contribution is -0.123. The molecule has 0 aliphatic carbocycles. The Hall–Kier alpha value is -4.84. The Labute approximate surface area is 254 Å². The Kier molecular flexibility index (Phi) is 7.11. The highest BCUT2D eigenvalue weighted by Crippen LogP contribution is 2.48. The fourth-order valence-electron chi connectivity index (χ4n) is 6.21. The van der Waals surface area contributed by atoms with Crippen LogP contribution in [0.4, 0.5) is 35.3 Å². The number of alkyl halides is 3. The number of amides is 3. The Bertz CT molecular complexity index is 1840. The molecule has 3 heterocycles. The number of thioether (sulfide) groups is 1. The van der Waals surface area contributed by atoms with Gasteiger partial charge < -0.3 is 16.8 Å². The predicted octanol–water partition coefficient (Wildman–Crippen LogP) is 6.96. The Morgan fingerprint density at radius 2 is 1.27 bits per heavy atom. The van der Waals surface area contributed by atoms with Crippen molar-refractivity contribution in [3.05, 3.63) is 96.1 Å². The molecule has 5 aromatic rings. The van der Waals surface area contributed by atoms with Crippen molar-refractivity contribution in [2.45, 2.75) is 41.6 Å². The molecule has 2 atom stereocenters. The van der Waals surface area contributed by atoms with E-state index >= 15 is 0 Å². The lowest BCUT2D eigenvalue weighted by Gasteiger charge is -2.39. The summed E-state index contributed by atoms with van der Waals surface area (Å²) in [4.78, 5) is 38.4. The molecule has 6 rings (SSSR count). The number of anilines is 3. The maximum absolute atomic E-state index is 14.8. The Morgan fingerprint density at radius 3 is 1.75 bits per heavy atom. The van der Waals surface area contributed by atoms with Gasteiger partial charge in [-0.1, -0.05) is 50.2 Å². The lowest BCUT2D eigenvalue weighted by atomic mass is 9.68. The number of hydrogen-bond acceptors (Lipinski definition) is 7. The van der Waals surface area contributed by atoms with Crippen LogP contribution in [0.5, 0.6) is 0 Å². The van der Waals surface area contributed by atoms with Crippen LogP contribution in [0.15, 0.2) is 89.8 Å². The van der Waals surface area contributed by atoms with E-state index < -0.39 is 34.8 Å². The standard InChI is InChI=1S/C32H27F3N6O2S/c1-17(23-15-27(36)38-25-9-5-3-7-21(23)25)31(18(2)24-16-28(37)39-26-10-6-4-8-22(24)26)29(42)41(30(43)40-31)19-11-13-20(14-12-19)44-32(33,34)35/h3-18H,1-2H3,(H2,36,38)(H2,37,39)(H,40,43). The molecule has 44 heavy (non-hydrogen) atoms. The van der Waals surface area contributed by atoms with Gasteiger partial charge in [-0.3, -0.25) is 4.79 Å². The molecule has 5 N–H and O–H groups in total. The molecule has 0 spiro atoms. The van der Waals surface area contributed by atoms with Gasteiger partial charge in [0.05, 0.1) is 16.7 Å². The van der Waals surface area contributed by atoms with Crippen LogP contribution in [-0.4, -0.2) is 33.0 Å². The average molecular weight is 617 g/mol. The van der Waals surface area contributed by atoms with E-state index in [1.54, 1.807) is 12.1 Å². The van der Waals surface area contributed by atoms with Crippen molar-refractivity contribution in [1.82, 2.24) is 15.3 Å². The van der Waals surface area contributed by atoms with Crippen LogP contribution in [0.25, 0.3) is 21.8 Å². The Morgan fingerprint density at radius 1 is 0.795 bits per heavy atom. The van der Waals surface area contributed by atoms with Gasteiger partial charge >= 0.3 is 11.5 Å². The summed E-state index contributed by atoms with van der Waals surface area (Å²) in [6.07, 6.45) is 0. The minimum Gasteiger partial charge on any atom is -0.384 e. The second-order valence-electron chi connectivity index (χ2n) is 10.7. The molecule has 3 aromatic carbocycles. The number of aromatic nitrogens is 2. The maximum atomic E-state index is 14.8. The molecule has 2 unspecified atom stereocenters. The first-order valence-electron chi connectivity index (χ1n) is 13.7. The van der Waals surface area contributed by atoms with Crippen molar-refractivity contribution in [3.63, 3.8) is 0 Å². The van der Waals surface area contributed by atoms with Gasteiger partial charge in [-0.15, -0.1) is 0 Å². The average Bonchev–Trinajstić information content (AvgIpc) is 3.25. The van der Waals surface area contributed by atoms with Crippen molar-refractivity contribution >= 4 is 62.8 Å². The number of para-hydroxylation sites is 2. The number of nitrogen functional groups attached to an aromatic ring is 2. The van der Waals surface area contributed by atoms with Crippen molar-refractivity contribution in [2.24, 2.45) is 0 Å². The molecule has 1 fully saturated rings. The third-order valence-corrected chi connectivity index (χ3v) is 8.98. The van der Waals surface area contributed by atoms with Crippen molar-refractivity contribution < 1.29 is 22.8 Å². The molecule has 224 valence electrons. The summed E-state index contributed by atoms with van der Waals surface area (Å²) in [6, 6.07) is 22.6. The zero-order valence-electron chi connectivity index (χ0n) is 23.6. The normalized spacial score (nSPS) is 18.5. The van der Waals surface area contributed by atoms with E-state index in [2.05, 4.69) is 15.3 Å². The highest BCUT2D eigenvalue weighted by atomic mass is 32.2. The third-order valence-electron chi connectivity index (χ3n) is 8.24. The summed E-state index contributed by atoms with van der Waals surface area (Å²) in [7, 11) is 0. The molecule has 1 aliphatic rings. The van der Waals surface area contributed by atoms with Crippen LogP contribution in [-0.2, 0) is 4.79 Å². The SMILES string of the molecule is CC(c1cc(N)nc2ccccc12)C1(C(C)c2cc(N)nc3ccccc23)NC(=O)N(c2ccc(SC(F)(F)F)cc2)C1=O. The van der Waals surface area contributed by atoms with Crippen LogP contribution in [0, 0.1) is 0 Å². The number of nitrogens with two attached hydrogens (primary N) is 2. The van der Waals surface area contributed by atoms with Gasteiger partial charge in [0, 0.05) is 27.5 Å². The summed E-state index contributed by atoms with van der Waals surface area (Å²) < 4.78 is 38.9. The number of carbonyl (C=O) groups is 2. The molecule has 0 saturated carbocycles. The zero-order valence-corrected chi connectivity index (χ0v) is 24.4. The third kappa shape index (κ3) is 4.94. The number of carbonyl (C=O) groups excluding carboxylic acids is 2. The van der Waals surface area contributed by atoms with Crippen molar-refractivity contribution in [3.8, 4) is 0 Å². The van der Waals surface area contributed by atoms with E-state index in [4.69, 9.17) is 11.5 Å². The summed E-state index contributed by atoms with van der Waals surface area (Å²) in [5.41, 5.74) is 9.17. The number of imide groups is 1. The number of pyridine rings is 2. The number of nitrogens with zero attached hydrogens (tertiary/aromatic N) is 3. The van der Waals surface area contributed by atoms with Crippen molar-refractivity contribution in [2.75, 3.05) is 16.4 Å². The molecule has 2 aromatic heterocycles. The monoisotopic (exact) mass is 616 g/mol. The van der Waals surface area contributed by atoms with Gasteiger partial charge in [-0.2, -0.15) is 13.2 Å². The first-order chi connectivity index (χ1) is 20.9. The van der Waals surface area contributed by atoms with Gasteiger partial charge in [0.15, 0.2) is 0 Å². The van der Waals surface area contributed by atoms with Crippen LogP contribution in [0.2, 0.25) is 0 Å². The van der Waals surface area contributed by atoms with Crippen LogP contribution < -0.4 is 21.7 Å². The van der Waals surface area contributed by atoms with Crippen LogP contribution in [0.1, 0.15) is 36.8 Å². The molecule has 1 aliphatic heterocycles. The van der Waals surface area contributed by atoms with Crippen molar-refractivity contribution in [1.29, 1.82) is 0 Å². The van der Waals surface area contributed by atoms with Crippen LogP contribution >= 0.6 is 11.8 Å². The molecular weight excluding hydrogens is 589 g/mol. The number of rotatable bonds is 6. The van der Waals surface area contributed by atoms with E-state index in [1.807, 2.05) is 62.4 Å². The highest BCUT2D eigenvalue weighted by Gasteiger charge is 2.59. The summed E-state index contributed by atoms with van der Waals surface area (Å²) in [5.74, 6) is -1.40. The number of benzene rings is 3. The largest absolute Gasteiger partial charge is 0.446 e. The Balaban J connectivity index is 1.54. The van der Waals surface area contributed by atoms with Gasteiger partial charge in [0.2, 0.25) is 0 Å². The molecule has 0 radical (unpaired) electrons. The lowest BCUT2D eigenvalue weighted by Crippen LogP contribution is -2.55. The summed E-state index contributed by atoms with van der Waals surface area (Å²) >= 11 is -0.277. The van der Waals surface area contributed by atoms with Gasteiger partial charge in [0.1, 0.15) is 17.2 Å². The van der Waals surface area contributed by atoms with E-state index in [1.165, 1.54) is 24.3 Å². The quantitative estimate of drug-likeness (QED) is 0.139. The van der Waals surface area contributed by atoms with E-state index in [0.717, 1.165) is 15.7 Å². The zero-order chi connectivity index (χ0) is 31.4. The number of hydrogen-bond donors (Lipinski definition) is 3. The second kappa shape index (κ2) is 10.7. The first-order valence-corrected chi connectivity index (χ1v) is 14.5. The fourth-order valence-corrected chi connectivity index (χ4v) is 6.75. The number of urea groups is 1. The molecule has 3 amide bonds. The topological polar surface area (TPSA) is 127 Å². The predicted molar refractivity (Wildman–Crippen MR) is 166 cm³/mol. The van der Waals surface area contributed by atoms with E-state index in [-0.39, 0.29) is 34.0 Å². The highest BCUT2D eigenvalue weighted by molar-refractivity contribution is 8.00. The fraction of sp³-hybridized carbons (Fsp3) is 0.188. The maximum Gasteiger partial charge on any atom is 0.446 e. The summed E-state index contributed by atoms with van der Waals surface area (Å²) in [5, 5.41) is 4.53. The van der Waals surface area contributed by atoms with E-state index in [9.17, 15) is 22.8 Å². The molecule has 8 nitrogen and oxygen atoms in total. The molecular formula is C32H27F3N6O2S.